The topological polar surface area (TPSA) is 17.8 Å². The van der Waals surface area contributed by atoms with Gasteiger partial charge >= 0.3 is 0 Å². The smallest absolute Gasteiger partial charge is 0.125 e. The molecule has 3 rings (SSSR count). The molecule has 0 aliphatic rings. The van der Waals surface area contributed by atoms with Crippen molar-refractivity contribution in [1.82, 2.24) is 9.55 Å². The highest BCUT2D eigenvalue weighted by Crippen LogP contribution is 2.27. The maximum absolute atomic E-state index is 6.10. The first-order valence-corrected chi connectivity index (χ1v) is 8.22. The molecular weight excluding hydrogens is 288 g/mol. The minimum Gasteiger partial charge on any atom is -0.324 e. The molecule has 2 nitrogen and oxygen atoms in total. The van der Waals surface area contributed by atoms with Crippen LogP contribution in [0, 0.1) is 6.92 Å². The van der Waals surface area contributed by atoms with Crippen LogP contribution in [0.2, 0.25) is 0 Å². The Kier molecular flexibility index (Phi) is 3.81. The highest BCUT2D eigenvalue weighted by atomic mass is 35.5. The van der Waals surface area contributed by atoms with Gasteiger partial charge in [-0.25, -0.2) is 4.98 Å². The van der Waals surface area contributed by atoms with Gasteiger partial charge in [0.1, 0.15) is 5.82 Å². The number of alkyl halides is 1. The van der Waals surface area contributed by atoms with Gasteiger partial charge in [0.05, 0.1) is 16.9 Å². The number of nitrogens with zero attached hydrogens (tertiary/aromatic N) is 2. The molecule has 0 saturated carbocycles. The van der Waals surface area contributed by atoms with Gasteiger partial charge in [0.2, 0.25) is 0 Å². The number of thiophene rings is 1. The van der Waals surface area contributed by atoms with E-state index >= 15 is 0 Å². The fourth-order valence-corrected chi connectivity index (χ4v) is 3.65. The Morgan fingerprint density at radius 2 is 2.20 bits per heavy atom. The molecule has 2 aromatic heterocycles. The molecule has 1 aromatic carbocycles. The standard InChI is InChI=1S/C16H17ClN2S/c1-11-4-3-5-14-16(11)19(15(9-17)18-14)12(2)8-13-6-7-20-10-13/h3-7,10,12H,8-9H2,1-2H3. The molecule has 0 amide bonds. The second-order valence-electron chi connectivity index (χ2n) is 5.16. The molecule has 0 N–H and O–H groups in total. The third-order valence-corrected chi connectivity index (χ3v) is 4.63. The summed E-state index contributed by atoms with van der Waals surface area (Å²) in [6.07, 6.45) is 1.01. The fraction of sp³-hybridized carbons (Fsp3) is 0.312. The summed E-state index contributed by atoms with van der Waals surface area (Å²) in [7, 11) is 0. The van der Waals surface area contributed by atoms with Crippen LogP contribution >= 0.6 is 22.9 Å². The van der Waals surface area contributed by atoms with E-state index in [1.807, 2.05) is 0 Å². The summed E-state index contributed by atoms with van der Waals surface area (Å²) in [5, 5.41) is 4.34. The van der Waals surface area contributed by atoms with Crippen molar-refractivity contribution >= 4 is 34.0 Å². The van der Waals surface area contributed by atoms with Crippen molar-refractivity contribution in [1.29, 1.82) is 0 Å². The van der Waals surface area contributed by atoms with Crippen LogP contribution in [0.3, 0.4) is 0 Å². The molecule has 0 aliphatic carbocycles. The third-order valence-electron chi connectivity index (χ3n) is 3.66. The first kappa shape index (κ1) is 13.7. The molecule has 0 radical (unpaired) electrons. The highest BCUT2D eigenvalue weighted by Gasteiger charge is 2.17. The molecule has 104 valence electrons. The second-order valence-corrected chi connectivity index (χ2v) is 6.21. The predicted octanol–water partition coefficient (Wildman–Crippen LogP) is 4.95. The summed E-state index contributed by atoms with van der Waals surface area (Å²) in [6.45, 7) is 4.37. The number of para-hydroxylation sites is 1. The van der Waals surface area contributed by atoms with E-state index in [9.17, 15) is 0 Å². The lowest BCUT2D eigenvalue weighted by Gasteiger charge is -2.17. The SMILES string of the molecule is Cc1cccc2nc(CCl)n(C(C)Cc3ccsc3)c12. The lowest BCUT2D eigenvalue weighted by atomic mass is 10.1. The summed E-state index contributed by atoms with van der Waals surface area (Å²) in [4.78, 5) is 4.68. The van der Waals surface area contributed by atoms with Crippen LogP contribution in [0.15, 0.2) is 35.0 Å². The van der Waals surface area contributed by atoms with E-state index in [1.54, 1.807) is 11.3 Å². The van der Waals surface area contributed by atoms with Crippen LogP contribution in [0.25, 0.3) is 11.0 Å². The Bertz CT molecular complexity index is 715. The predicted molar refractivity (Wildman–Crippen MR) is 86.8 cm³/mol. The van der Waals surface area contributed by atoms with Gasteiger partial charge < -0.3 is 4.57 Å². The van der Waals surface area contributed by atoms with Crippen molar-refractivity contribution < 1.29 is 0 Å². The van der Waals surface area contributed by atoms with Gasteiger partial charge in [-0.05, 0) is 54.3 Å². The third kappa shape index (κ3) is 2.36. The van der Waals surface area contributed by atoms with Gasteiger partial charge in [0, 0.05) is 6.04 Å². The maximum Gasteiger partial charge on any atom is 0.125 e. The molecule has 20 heavy (non-hydrogen) atoms. The molecule has 1 atom stereocenters. The van der Waals surface area contributed by atoms with Crippen LogP contribution in [0.4, 0.5) is 0 Å². The number of aromatic nitrogens is 2. The Hall–Kier alpha value is -1.32. The van der Waals surface area contributed by atoms with Gasteiger partial charge in [-0.3, -0.25) is 0 Å². The van der Waals surface area contributed by atoms with Crippen LogP contribution in [-0.2, 0) is 12.3 Å². The van der Waals surface area contributed by atoms with Crippen molar-refractivity contribution in [3.05, 3.63) is 52.0 Å². The minimum absolute atomic E-state index is 0.351. The summed E-state index contributed by atoms with van der Waals surface area (Å²) in [5.74, 6) is 1.40. The van der Waals surface area contributed by atoms with Crippen molar-refractivity contribution in [3.63, 3.8) is 0 Å². The second kappa shape index (κ2) is 5.58. The average molecular weight is 305 g/mol. The summed E-state index contributed by atoms with van der Waals surface area (Å²) in [5.41, 5.74) is 4.88. The lowest BCUT2D eigenvalue weighted by Crippen LogP contribution is -2.11. The van der Waals surface area contributed by atoms with Crippen LogP contribution < -0.4 is 0 Å². The molecule has 0 aliphatic heterocycles. The highest BCUT2D eigenvalue weighted by molar-refractivity contribution is 7.07. The molecule has 3 aromatic rings. The molecule has 0 bridgehead atoms. The number of aryl methyl sites for hydroxylation is 1. The van der Waals surface area contributed by atoms with Gasteiger partial charge in [0.25, 0.3) is 0 Å². The quantitative estimate of drug-likeness (QED) is 0.624. The number of fused-ring (bicyclic) bond motifs is 1. The molecule has 0 fully saturated rings. The van der Waals surface area contributed by atoms with E-state index in [2.05, 4.69) is 58.4 Å². The van der Waals surface area contributed by atoms with Crippen LogP contribution in [0.5, 0.6) is 0 Å². The molecule has 0 saturated heterocycles. The number of imidazole rings is 1. The molecule has 0 spiro atoms. The first-order chi connectivity index (χ1) is 9.70. The van der Waals surface area contributed by atoms with E-state index in [1.165, 1.54) is 16.6 Å². The molecule has 1 unspecified atom stereocenters. The molecular formula is C16H17ClN2S. The van der Waals surface area contributed by atoms with E-state index in [0.29, 0.717) is 11.9 Å². The number of benzene rings is 1. The minimum atomic E-state index is 0.351. The van der Waals surface area contributed by atoms with E-state index in [0.717, 1.165) is 17.8 Å². The monoisotopic (exact) mass is 304 g/mol. The zero-order valence-electron chi connectivity index (χ0n) is 11.6. The molecule has 4 heteroatoms. The Morgan fingerprint density at radius 1 is 1.35 bits per heavy atom. The van der Waals surface area contributed by atoms with Crippen molar-refractivity contribution in [2.75, 3.05) is 0 Å². The van der Waals surface area contributed by atoms with E-state index < -0.39 is 0 Å². The summed E-state index contributed by atoms with van der Waals surface area (Å²) in [6, 6.07) is 8.79. The van der Waals surface area contributed by atoms with Crippen LogP contribution in [-0.4, -0.2) is 9.55 Å². The Morgan fingerprint density at radius 3 is 2.90 bits per heavy atom. The van der Waals surface area contributed by atoms with Gasteiger partial charge in [0.15, 0.2) is 0 Å². The number of rotatable bonds is 4. The maximum atomic E-state index is 6.10. The number of hydrogen-bond donors (Lipinski definition) is 0. The van der Waals surface area contributed by atoms with Gasteiger partial charge in [-0.15, -0.1) is 11.6 Å². The largest absolute Gasteiger partial charge is 0.324 e. The van der Waals surface area contributed by atoms with E-state index in [-0.39, 0.29) is 0 Å². The first-order valence-electron chi connectivity index (χ1n) is 6.74. The Labute approximate surface area is 128 Å². The summed E-state index contributed by atoms with van der Waals surface area (Å²) < 4.78 is 2.30. The van der Waals surface area contributed by atoms with Crippen molar-refractivity contribution in [3.8, 4) is 0 Å². The molecule has 2 heterocycles. The fourth-order valence-electron chi connectivity index (χ4n) is 2.78. The summed E-state index contributed by atoms with van der Waals surface area (Å²) >= 11 is 7.85. The normalized spacial score (nSPS) is 12.9. The van der Waals surface area contributed by atoms with Crippen LogP contribution in [0.1, 0.15) is 29.9 Å². The lowest BCUT2D eigenvalue weighted by molar-refractivity contribution is 0.543. The van der Waals surface area contributed by atoms with Gasteiger partial charge in [-0.1, -0.05) is 12.1 Å². The zero-order chi connectivity index (χ0) is 14.1. The number of halogens is 1. The van der Waals surface area contributed by atoms with Crippen molar-refractivity contribution in [2.24, 2.45) is 0 Å². The Balaban J connectivity index is 2.09. The van der Waals surface area contributed by atoms with Gasteiger partial charge in [-0.2, -0.15) is 11.3 Å². The zero-order valence-corrected chi connectivity index (χ0v) is 13.2. The van der Waals surface area contributed by atoms with Crippen molar-refractivity contribution in [2.45, 2.75) is 32.2 Å². The number of hydrogen-bond acceptors (Lipinski definition) is 2. The van der Waals surface area contributed by atoms with E-state index in [4.69, 9.17) is 11.6 Å². The average Bonchev–Trinajstić information content (AvgIpc) is 3.05.